The Morgan fingerprint density at radius 1 is 1.25 bits per heavy atom. The predicted octanol–water partition coefficient (Wildman–Crippen LogP) is 3.35. The van der Waals surface area contributed by atoms with Crippen LogP contribution >= 0.6 is 0 Å². The Kier molecular flexibility index (Phi) is 3.14. The first kappa shape index (κ1) is 12.7. The second-order valence-electron chi connectivity index (χ2n) is 4.97. The van der Waals surface area contributed by atoms with E-state index in [4.69, 9.17) is 0 Å². The summed E-state index contributed by atoms with van der Waals surface area (Å²) < 4.78 is 13.2. The number of aryl methyl sites for hydroxylation is 1. The molecule has 0 aromatic heterocycles. The van der Waals surface area contributed by atoms with Gasteiger partial charge in [-0.25, -0.2) is 4.39 Å². The van der Waals surface area contributed by atoms with E-state index >= 15 is 0 Å². The zero-order valence-electron chi connectivity index (χ0n) is 11.2. The second-order valence-corrected chi connectivity index (χ2v) is 4.97. The molecule has 1 heterocycles. The lowest BCUT2D eigenvalue weighted by Crippen LogP contribution is -2.12. The summed E-state index contributed by atoms with van der Waals surface area (Å²) in [6, 6.07) is 10.2. The van der Waals surface area contributed by atoms with Gasteiger partial charge < -0.3 is 10.6 Å². The highest BCUT2D eigenvalue weighted by molar-refractivity contribution is 6.05. The highest BCUT2D eigenvalue weighted by Gasteiger charge is 2.13. The van der Waals surface area contributed by atoms with Gasteiger partial charge in [0.25, 0.3) is 5.91 Å². The van der Waals surface area contributed by atoms with Gasteiger partial charge in [0.15, 0.2) is 0 Å². The Balaban J connectivity index is 1.80. The zero-order valence-corrected chi connectivity index (χ0v) is 11.2. The molecule has 0 fully saturated rings. The van der Waals surface area contributed by atoms with E-state index < -0.39 is 0 Å². The first-order chi connectivity index (χ1) is 9.63. The molecule has 0 bridgehead atoms. The first-order valence-electron chi connectivity index (χ1n) is 6.58. The average molecular weight is 270 g/mol. The minimum absolute atomic E-state index is 0.187. The van der Waals surface area contributed by atoms with Gasteiger partial charge in [-0.2, -0.15) is 0 Å². The fourth-order valence-corrected chi connectivity index (χ4v) is 2.36. The van der Waals surface area contributed by atoms with E-state index in [0.29, 0.717) is 16.8 Å². The molecule has 2 aromatic carbocycles. The minimum Gasteiger partial charge on any atom is -0.384 e. The van der Waals surface area contributed by atoms with Crippen LogP contribution in [0.2, 0.25) is 0 Å². The van der Waals surface area contributed by atoms with E-state index in [1.54, 1.807) is 19.1 Å². The molecule has 0 aliphatic carbocycles. The van der Waals surface area contributed by atoms with E-state index in [-0.39, 0.29) is 11.7 Å². The quantitative estimate of drug-likeness (QED) is 0.878. The molecule has 3 nitrogen and oxygen atoms in total. The molecular formula is C16H15FN2O. The average Bonchev–Trinajstić information content (AvgIpc) is 2.90. The monoisotopic (exact) mass is 270 g/mol. The van der Waals surface area contributed by atoms with Gasteiger partial charge in [-0.1, -0.05) is 6.07 Å². The van der Waals surface area contributed by atoms with Gasteiger partial charge in [-0.3, -0.25) is 4.79 Å². The number of amides is 1. The van der Waals surface area contributed by atoms with Gasteiger partial charge >= 0.3 is 0 Å². The van der Waals surface area contributed by atoms with Crippen molar-refractivity contribution >= 4 is 17.3 Å². The van der Waals surface area contributed by atoms with E-state index in [0.717, 1.165) is 18.7 Å². The molecule has 0 radical (unpaired) electrons. The van der Waals surface area contributed by atoms with E-state index in [9.17, 15) is 9.18 Å². The van der Waals surface area contributed by atoms with Crippen LogP contribution in [0.25, 0.3) is 0 Å². The molecule has 4 heteroatoms. The molecule has 0 saturated carbocycles. The summed E-state index contributed by atoms with van der Waals surface area (Å²) in [7, 11) is 0. The van der Waals surface area contributed by atoms with Crippen molar-refractivity contribution in [2.24, 2.45) is 0 Å². The summed E-state index contributed by atoms with van der Waals surface area (Å²) in [5.74, 6) is -0.461. The number of hydrogen-bond donors (Lipinski definition) is 2. The van der Waals surface area contributed by atoms with Crippen LogP contribution in [0.5, 0.6) is 0 Å². The van der Waals surface area contributed by atoms with Crippen molar-refractivity contribution in [1.29, 1.82) is 0 Å². The van der Waals surface area contributed by atoms with Crippen molar-refractivity contribution < 1.29 is 9.18 Å². The van der Waals surface area contributed by atoms with Crippen LogP contribution in [0, 0.1) is 12.7 Å². The van der Waals surface area contributed by atoms with Crippen LogP contribution in [0.1, 0.15) is 21.5 Å². The van der Waals surface area contributed by atoms with Crippen molar-refractivity contribution in [3.8, 4) is 0 Å². The largest absolute Gasteiger partial charge is 0.384 e. The lowest BCUT2D eigenvalue weighted by Gasteiger charge is -2.08. The number of benzene rings is 2. The number of rotatable bonds is 2. The van der Waals surface area contributed by atoms with Crippen molar-refractivity contribution in [2.75, 3.05) is 17.2 Å². The van der Waals surface area contributed by atoms with Crippen molar-refractivity contribution in [3.05, 3.63) is 58.9 Å². The number of carbonyl (C=O) groups is 1. The van der Waals surface area contributed by atoms with Gasteiger partial charge in [0.2, 0.25) is 0 Å². The van der Waals surface area contributed by atoms with Crippen molar-refractivity contribution in [1.82, 2.24) is 0 Å². The van der Waals surface area contributed by atoms with Crippen molar-refractivity contribution in [3.63, 3.8) is 0 Å². The lowest BCUT2D eigenvalue weighted by atomic mass is 10.1. The van der Waals surface area contributed by atoms with Crippen LogP contribution < -0.4 is 10.6 Å². The molecule has 0 unspecified atom stereocenters. The molecule has 0 spiro atoms. The Hall–Kier alpha value is -2.36. The maximum Gasteiger partial charge on any atom is 0.255 e. The lowest BCUT2D eigenvalue weighted by molar-refractivity contribution is 0.102. The standard InChI is InChI=1S/C16H15FN2O/c1-10-8-13(4-5-14(10)17)19-16(20)12-3-2-11-6-7-18-15(11)9-12/h2-5,8-9,18H,6-7H2,1H3,(H,19,20). The van der Waals surface area contributed by atoms with Crippen LogP contribution in [0.15, 0.2) is 36.4 Å². The number of fused-ring (bicyclic) bond motifs is 1. The van der Waals surface area contributed by atoms with Crippen LogP contribution in [-0.2, 0) is 6.42 Å². The molecule has 2 aromatic rings. The summed E-state index contributed by atoms with van der Waals surface area (Å²) in [6.07, 6.45) is 0.994. The number of anilines is 2. The molecule has 1 aliphatic rings. The summed E-state index contributed by atoms with van der Waals surface area (Å²) in [6.45, 7) is 2.59. The third-order valence-electron chi connectivity index (χ3n) is 3.50. The molecule has 102 valence electrons. The molecule has 20 heavy (non-hydrogen) atoms. The molecule has 1 amide bonds. The van der Waals surface area contributed by atoms with E-state index in [1.807, 2.05) is 18.2 Å². The smallest absolute Gasteiger partial charge is 0.255 e. The number of carbonyl (C=O) groups excluding carboxylic acids is 1. The van der Waals surface area contributed by atoms with Gasteiger partial charge in [0, 0.05) is 23.5 Å². The van der Waals surface area contributed by atoms with Crippen LogP contribution in [0.4, 0.5) is 15.8 Å². The van der Waals surface area contributed by atoms with Gasteiger partial charge in [-0.05, 0) is 54.8 Å². The molecular weight excluding hydrogens is 255 g/mol. The molecule has 0 saturated heterocycles. The van der Waals surface area contributed by atoms with Gasteiger partial charge in [0.1, 0.15) is 5.82 Å². The third-order valence-corrected chi connectivity index (χ3v) is 3.50. The molecule has 2 N–H and O–H groups in total. The topological polar surface area (TPSA) is 41.1 Å². The van der Waals surface area contributed by atoms with Gasteiger partial charge in [0.05, 0.1) is 0 Å². The van der Waals surface area contributed by atoms with E-state index in [2.05, 4.69) is 10.6 Å². The minimum atomic E-state index is -0.273. The normalized spacial score (nSPS) is 12.7. The molecule has 0 atom stereocenters. The number of hydrogen-bond acceptors (Lipinski definition) is 2. The summed E-state index contributed by atoms with van der Waals surface area (Å²) in [4.78, 5) is 12.2. The highest BCUT2D eigenvalue weighted by Crippen LogP contribution is 2.24. The maximum absolute atomic E-state index is 13.2. The third kappa shape index (κ3) is 2.37. The summed E-state index contributed by atoms with van der Waals surface area (Å²) in [5.41, 5.74) is 3.97. The predicted molar refractivity (Wildman–Crippen MR) is 77.7 cm³/mol. The Morgan fingerprint density at radius 3 is 2.90 bits per heavy atom. The SMILES string of the molecule is Cc1cc(NC(=O)c2ccc3c(c2)NCC3)ccc1F. The summed E-state index contributed by atoms with van der Waals surface area (Å²) >= 11 is 0. The first-order valence-corrected chi connectivity index (χ1v) is 6.58. The molecule has 1 aliphatic heterocycles. The van der Waals surface area contributed by atoms with E-state index in [1.165, 1.54) is 11.6 Å². The second kappa shape index (κ2) is 4.96. The van der Waals surface area contributed by atoms with Crippen molar-refractivity contribution in [2.45, 2.75) is 13.3 Å². The van der Waals surface area contributed by atoms with Crippen LogP contribution in [0.3, 0.4) is 0 Å². The molecule has 3 rings (SSSR count). The number of nitrogens with one attached hydrogen (secondary N) is 2. The zero-order chi connectivity index (χ0) is 14.1. The van der Waals surface area contributed by atoms with Crippen LogP contribution in [-0.4, -0.2) is 12.5 Å². The fraction of sp³-hybridized carbons (Fsp3) is 0.188. The highest BCUT2D eigenvalue weighted by atomic mass is 19.1. The maximum atomic E-state index is 13.2. The number of halogens is 1. The summed E-state index contributed by atoms with van der Waals surface area (Å²) in [5, 5.41) is 6.03. The Labute approximate surface area is 116 Å². The van der Waals surface area contributed by atoms with Gasteiger partial charge in [-0.15, -0.1) is 0 Å². The Morgan fingerprint density at radius 2 is 2.10 bits per heavy atom. The Bertz CT molecular complexity index is 682. The fourth-order valence-electron chi connectivity index (χ4n) is 2.36.